The smallest absolute Gasteiger partial charge is 0.322 e. The summed E-state index contributed by atoms with van der Waals surface area (Å²) < 4.78 is 0. The number of fused-ring (bicyclic) bond motifs is 2. The van der Waals surface area contributed by atoms with Gasteiger partial charge >= 0.3 is 29.6 Å². The van der Waals surface area contributed by atoms with Crippen LogP contribution in [-0.2, 0) is 0 Å². The molecule has 11 heavy (non-hydrogen) atoms. The SMILES string of the molecule is CC1(C)[C@H]2C[CH-][C@]1(C)CC2.[Na+]. The molecular weight excluding hydrogens is 143 g/mol. The van der Waals surface area contributed by atoms with E-state index in [2.05, 4.69) is 27.2 Å². The van der Waals surface area contributed by atoms with E-state index in [0.29, 0.717) is 10.8 Å². The van der Waals surface area contributed by atoms with Gasteiger partial charge in [0, 0.05) is 0 Å². The third kappa shape index (κ3) is 1.14. The fourth-order valence-corrected chi connectivity index (χ4v) is 2.80. The average molecular weight is 160 g/mol. The molecule has 0 saturated heterocycles. The summed E-state index contributed by atoms with van der Waals surface area (Å²) in [6.07, 6.45) is 6.84. The molecule has 2 bridgehead atoms. The van der Waals surface area contributed by atoms with E-state index >= 15 is 0 Å². The number of hydrogen-bond acceptors (Lipinski definition) is 0. The van der Waals surface area contributed by atoms with Crippen molar-refractivity contribution in [3.05, 3.63) is 6.42 Å². The van der Waals surface area contributed by atoms with E-state index in [-0.39, 0.29) is 29.6 Å². The van der Waals surface area contributed by atoms with Gasteiger partial charge in [-0.3, -0.25) is 0 Å². The van der Waals surface area contributed by atoms with Gasteiger partial charge in [-0.15, -0.1) is 0 Å². The summed E-state index contributed by atoms with van der Waals surface area (Å²) in [6, 6.07) is 0. The first-order chi connectivity index (χ1) is 4.56. The van der Waals surface area contributed by atoms with E-state index in [9.17, 15) is 0 Å². The van der Waals surface area contributed by atoms with Crippen molar-refractivity contribution in [2.24, 2.45) is 16.7 Å². The maximum Gasteiger partial charge on any atom is 1.00 e. The number of rotatable bonds is 0. The summed E-state index contributed by atoms with van der Waals surface area (Å²) in [5.41, 5.74) is 1.19. The van der Waals surface area contributed by atoms with Crippen LogP contribution >= 0.6 is 0 Å². The topological polar surface area (TPSA) is 0 Å². The zero-order valence-electron chi connectivity index (χ0n) is 8.28. The molecule has 2 saturated carbocycles. The van der Waals surface area contributed by atoms with Gasteiger partial charge in [0.1, 0.15) is 0 Å². The van der Waals surface area contributed by atoms with Gasteiger partial charge < -0.3 is 6.42 Å². The van der Waals surface area contributed by atoms with E-state index in [0.717, 1.165) is 5.92 Å². The van der Waals surface area contributed by atoms with E-state index in [1.54, 1.807) is 0 Å². The van der Waals surface area contributed by atoms with Crippen LogP contribution in [0.2, 0.25) is 0 Å². The van der Waals surface area contributed by atoms with Crippen molar-refractivity contribution in [2.75, 3.05) is 0 Å². The van der Waals surface area contributed by atoms with E-state index in [4.69, 9.17) is 0 Å². The first-order valence-electron chi connectivity index (χ1n) is 4.41. The summed E-state index contributed by atoms with van der Waals surface area (Å²) in [5.74, 6) is 0.998. The van der Waals surface area contributed by atoms with Gasteiger partial charge in [-0.2, -0.15) is 11.8 Å². The Bertz CT molecular complexity index is 150. The van der Waals surface area contributed by atoms with Gasteiger partial charge in [0.25, 0.3) is 0 Å². The monoisotopic (exact) mass is 160 g/mol. The molecule has 2 aliphatic rings. The minimum atomic E-state index is 0. The Hall–Kier alpha value is 1.00. The summed E-state index contributed by atoms with van der Waals surface area (Å²) in [6.45, 7) is 7.31. The van der Waals surface area contributed by atoms with E-state index < -0.39 is 0 Å². The minimum absolute atomic E-state index is 0. The molecule has 0 aromatic heterocycles. The molecule has 2 rings (SSSR count). The van der Waals surface area contributed by atoms with Crippen molar-refractivity contribution in [2.45, 2.75) is 40.0 Å². The van der Waals surface area contributed by atoms with Crippen LogP contribution in [0.1, 0.15) is 40.0 Å². The quantitative estimate of drug-likeness (QED) is 0.347. The van der Waals surface area contributed by atoms with Crippen LogP contribution in [0.15, 0.2) is 0 Å². The summed E-state index contributed by atoms with van der Waals surface area (Å²) in [4.78, 5) is 0. The van der Waals surface area contributed by atoms with E-state index in [1.807, 2.05) is 0 Å². The summed E-state index contributed by atoms with van der Waals surface area (Å²) >= 11 is 0. The van der Waals surface area contributed by atoms with Crippen LogP contribution in [0, 0.1) is 23.2 Å². The Balaban J connectivity index is 0.000000605. The second kappa shape index (κ2) is 2.75. The molecule has 1 heteroatoms. The van der Waals surface area contributed by atoms with Crippen molar-refractivity contribution in [3.63, 3.8) is 0 Å². The summed E-state index contributed by atoms with van der Waals surface area (Å²) in [7, 11) is 0. The number of hydrogen-bond donors (Lipinski definition) is 0. The van der Waals surface area contributed by atoms with Crippen molar-refractivity contribution in [1.29, 1.82) is 0 Å². The van der Waals surface area contributed by atoms with Crippen molar-refractivity contribution in [3.8, 4) is 0 Å². The van der Waals surface area contributed by atoms with Crippen LogP contribution in [0.5, 0.6) is 0 Å². The van der Waals surface area contributed by atoms with Gasteiger partial charge in [-0.05, 0) is 0 Å². The second-order valence-electron chi connectivity index (χ2n) is 4.81. The molecular formula is C10H17Na. The third-order valence-electron chi connectivity index (χ3n) is 4.36. The van der Waals surface area contributed by atoms with Gasteiger partial charge in [-0.1, -0.05) is 44.9 Å². The van der Waals surface area contributed by atoms with Gasteiger partial charge in [-0.25, -0.2) is 0 Å². The maximum atomic E-state index is 2.56. The van der Waals surface area contributed by atoms with Gasteiger partial charge in [0.05, 0.1) is 0 Å². The first kappa shape index (κ1) is 10.1. The third-order valence-corrected chi connectivity index (χ3v) is 4.36. The van der Waals surface area contributed by atoms with E-state index in [1.165, 1.54) is 19.3 Å². The van der Waals surface area contributed by atoms with Crippen LogP contribution in [-0.4, -0.2) is 0 Å². The molecule has 0 aromatic carbocycles. The fourth-order valence-electron chi connectivity index (χ4n) is 2.80. The molecule has 2 fully saturated rings. The minimum Gasteiger partial charge on any atom is -0.322 e. The Morgan fingerprint density at radius 3 is 2.00 bits per heavy atom. The van der Waals surface area contributed by atoms with Crippen LogP contribution in [0.4, 0.5) is 0 Å². The molecule has 2 aliphatic carbocycles. The standard InChI is InChI=1S/C10H17.Na/c1-9(2)8-4-6-10(9,3)7-5-8;/h6,8H,4-5,7H2,1-3H3;/q-1;+1/t8-,10+;/m0./s1. The Morgan fingerprint density at radius 1 is 1.27 bits per heavy atom. The Labute approximate surface area is 92.4 Å². The van der Waals surface area contributed by atoms with Gasteiger partial charge in [0.2, 0.25) is 0 Å². The zero-order valence-corrected chi connectivity index (χ0v) is 10.3. The van der Waals surface area contributed by atoms with Crippen LogP contribution in [0.25, 0.3) is 0 Å². The fraction of sp³-hybridized carbons (Fsp3) is 0.900. The molecule has 0 nitrogen and oxygen atoms in total. The Morgan fingerprint density at radius 2 is 1.91 bits per heavy atom. The van der Waals surface area contributed by atoms with Crippen molar-refractivity contribution >= 4 is 0 Å². The Kier molecular flexibility index (Phi) is 2.52. The first-order valence-corrected chi connectivity index (χ1v) is 4.41. The largest absolute Gasteiger partial charge is 1.00 e. The molecule has 0 radical (unpaired) electrons. The molecule has 0 aliphatic heterocycles. The maximum absolute atomic E-state index is 2.56. The molecule has 2 atom stereocenters. The van der Waals surface area contributed by atoms with Crippen molar-refractivity contribution < 1.29 is 29.6 Å². The molecule has 0 unspecified atom stereocenters. The summed E-state index contributed by atoms with van der Waals surface area (Å²) in [5, 5.41) is 0. The predicted octanol–water partition coefficient (Wildman–Crippen LogP) is 0.0409. The molecule has 58 valence electrons. The molecule has 0 N–H and O–H groups in total. The molecule has 0 amide bonds. The normalized spacial score (nSPS) is 45.5. The average Bonchev–Trinajstić information content (AvgIpc) is 2.18. The van der Waals surface area contributed by atoms with Gasteiger partial charge in [0.15, 0.2) is 0 Å². The molecule has 0 heterocycles. The zero-order chi connectivity index (χ0) is 7.41. The molecule has 0 aromatic rings. The van der Waals surface area contributed by atoms with Crippen LogP contribution < -0.4 is 29.6 Å². The predicted molar refractivity (Wildman–Crippen MR) is 43.5 cm³/mol. The van der Waals surface area contributed by atoms with Crippen molar-refractivity contribution in [1.82, 2.24) is 0 Å². The van der Waals surface area contributed by atoms with Crippen LogP contribution in [0.3, 0.4) is 0 Å². The second-order valence-corrected chi connectivity index (χ2v) is 4.81. The molecule has 0 spiro atoms.